The van der Waals surface area contributed by atoms with Crippen LogP contribution in [0.25, 0.3) is 33.3 Å². The lowest BCUT2D eigenvalue weighted by atomic mass is 10.1. The molecule has 7 heteroatoms. The van der Waals surface area contributed by atoms with E-state index in [9.17, 15) is 4.39 Å². The maximum atomic E-state index is 14.1. The summed E-state index contributed by atoms with van der Waals surface area (Å²) < 4.78 is 15.8. The van der Waals surface area contributed by atoms with Crippen molar-refractivity contribution in [2.75, 3.05) is 0 Å². The van der Waals surface area contributed by atoms with Crippen molar-refractivity contribution in [3.8, 4) is 11.3 Å². The number of aromatic nitrogens is 5. The molecule has 0 bridgehead atoms. The number of aliphatic hydroxyl groups excluding tert-OH is 1. The van der Waals surface area contributed by atoms with Crippen LogP contribution in [-0.4, -0.2) is 30.1 Å². The summed E-state index contributed by atoms with van der Waals surface area (Å²) in [5.74, 6) is -0.458. The van der Waals surface area contributed by atoms with Gasteiger partial charge in [0.25, 0.3) is 0 Å². The van der Waals surface area contributed by atoms with Crippen molar-refractivity contribution in [3.63, 3.8) is 0 Å². The van der Waals surface area contributed by atoms with Gasteiger partial charge in [0.1, 0.15) is 11.3 Å². The molecule has 0 aliphatic rings. The molecule has 0 fully saturated rings. The summed E-state index contributed by atoms with van der Waals surface area (Å²) in [4.78, 5) is 9.16. The maximum Gasteiger partial charge on any atom is 0.179 e. The second-order valence-electron chi connectivity index (χ2n) is 6.74. The van der Waals surface area contributed by atoms with Crippen LogP contribution in [0.3, 0.4) is 0 Å². The predicted octanol–water partition coefficient (Wildman–Crippen LogP) is 3.72. The molecule has 0 aliphatic heterocycles. The highest BCUT2D eigenvalue weighted by Gasteiger charge is 2.12. The summed E-state index contributed by atoms with van der Waals surface area (Å²) in [5.41, 5.74) is 4.69. The monoisotopic (exact) mass is 385 g/mol. The van der Waals surface area contributed by atoms with Gasteiger partial charge in [-0.3, -0.25) is 4.98 Å². The highest BCUT2D eigenvalue weighted by molar-refractivity contribution is 5.82. The van der Waals surface area contributed by atoms with Gasteiger partial charge >= 0.3 is 0 Å². The number of fused-ring (bicyclic) bond motifs is 2. The number of halogens is 1. The minimum absolute atomic E-state index is 0.255. The van der Waals surface area contributed by atoms with Crippen molar-refractivity contribution < 1.29 is 9.50 Å². The quantitative estimate of drug-likeness (QED) is 0.510. The van der Waals surface area contributed by atoms with E-state index in [1.54, 1.807) is 29.1 Å². The van der Waals surface area contributed by atoms with Crippen molar-refractivity contribution in [2.45, 2.75) is 13.2 Å². The normalized spacial score (nSPS) is 11.4. The molecular formula is C22H16FN5O. The number of pyridine rings is 2. The van der Waals surface area contributed by atoms with E-state index in [0.29, 0.717) is 29.0 Å². The highest BCUT2D eigenvalue weighted by atomic mass is 19.1. The molecule has 0 amide bonds. The fraction of sp³-hybridized carbons (Fsp3) is 0.0909. The van der Waals surface area contributed by atoms with Crippen LogP contribution < -0.4 is 0 Å². The number of hydrogen-bond donors (Lipinski definition) is 1. The molecule has 3 heterocycles. The van der Waals surface area contributed by atoms with Crippen molar-refractivity contribution in [2.24, 2.45) is 0 Å². The molecule has 1 N–H and O–H groups in total. The number of para-hydroxylation sites is 1. The number of aliphatic hydroxyl groups is 1. The zero-order chi connectivity index (χ0) is 19.8. The predicted molar refractivity (Wildman–Crippen MR) is 107 cm³/mol. The fourth-order valence-corrected chi connectivity index (χ4v) is 3.41. The summed E-state index contributed by atoms with van der Waals surface area (Å²) in [6.45, 7) is 0.132. The smallest absolute Gasteiger partial charge is 0.179 e. The molecule has 0 radical (unpaired) electrons. The van der Waals surface area contributed by atoms with Gasteiger partial charge in [-0.1, -0.05) is 41.6 Å². The number of rotatable bonds is 4. The summed E-state index contributed by atoms with van der Waals surface area (Å²) in [7, 11) is 0. The molecule has 2 aromatic carbocycles. The fourth-order valence-electron chi connectivity index (χ4n) is 3.41. The molecule has 0 saturated heterocycles. The first kappa shape index (κ1) is 17.4. The van der Waals surface area contributed by atoms with Crippen molar-refractivity contribution in [3.05, 3.63) is 83.8 Å². The van der Waals surface area contributed by atoms with Crippen LogP contribution in [0.4, 0.5) is 4.39 Å². The first-order valence-electron chi connectivity index (χ1n) is 9.15. The van der Waals surface area contributed by atoms with E-state index in [4.69, 9.17) is 5.11 Å². The van der Waals surface area contributed by atoms with Gasteiger partial charge in [0, 0.05) is 22.7 Å². The van der Waals surface area contributed by atoms with Gasteiger partial charge in [0.15, 0.2) is 5.65 Å². The third-order valence-electron chi connectivity index (χ3n) is 4.92. The standard InChI is InChI=1S/C22H16FN5O/c23-18-11-15(6-7-17(18)13-29)19-8-9-20-22(25-19)28(27-26-20)12-16-4-1-3-14-5-2-10-24-21(14)16/h1-11,29H,12-13H2. The van der Waals surface area contributed by atoms with E-state index in [2.05, 4.69) is 20.3 Å². The van der Waals surface area contributed by atoms with E-state index in [1.165, 1.54) is 6.07 Å². The summed E-state index contributed by atoms with van der Waals surface area (Å²) in [6.07, 6.45) is 1.77. The number of nitrogens with zero attached hydrogens (tertiary/aromatic N) is 5. The Hall–Kier alpha value is -3.71. The SMILES string of the molecule is OCc1ccc(-c2ccc3nnn(Cc4cccc5cccnc45)c3n2)cc1F. The molecular weight excluding hydrogens is 369 g/mol. The Morgan fingerprint density at radius 2 is 1.86 bits per heavy atom. The average molecular weight is 385 g/mol. The van der Waals surface area contributed by atoms with E-state index < -0.39 is 5.82 Å². The Balaban J connectivity index is 1.57. The Labute approximate surface area is 165 Å². The molecule has 0 saturated carbocycles. The molecule has 0 atom stereocenters. The van der Waals surface area contributed by atoms with Gasteiger partial charge < -0.3 is 5.11 Å². The molecule has 0 aliphatic carbocycles. The molecule has 0 unspecified atom stereocenters. The van der Waals surface area contributed by atoms with Crippen LogP contribution in [0.1, 0.15) is 11.1 Å². The molecule has 0 spiro atoms. The van der Waals surface area contributed by atoms with Crippen LogP contribution in [-0.2, 0) is 13.2 Å². The summed E-state index contributed by atoms with van der Waals surface area (Å²) in [5, 5.41) is 18.7. The first-order valence-corrected chi connectivity index (χ1v) is 9.15. The van der Waals surface area contributed by atoms with Gasteiger partial charge in [0.2, 0.25) is 0 Å². The zero-order valence-corrected chi connectivity index (χ0v) is 15.3. The third kappa shape index (κ3) is 3.11. The topological polar surface area (TPSA) is 76.7 Å². The minimum atomic E-state index is -0.458. The van der Waals surface area contributed by atoms with Crippen LogP contribution in [0, 0.1) is 5.82 Å². The molecule has 5 aromatic rings. The van der Waals surface area contributed by atoms with Crippen LogP contribution in [0.2, 0.25) is 0 Å². The largest absolute Gasteiger partial charge is 0.392 e. The van der Waals surface area contributed by atoms with E-state index in [-0.39, 0.29) is 12.2 Å². The molecule has 6 nitrogen and oxygen atoms in total. The Morgan fingerprint density at radius 3 is 2.72 bits per heavy atom. The maximum absolute atomic E-state index is 14.1. The lowest BCUT2D eigenvalue weighted by Gasteiger charge is -2.07. The number of benzene rings is 2. The van der Waals surface area contributed by atoms with Gasteiger partial charge in [-0.05, 0) is 29.8 Å². The van der Waals surface area contributed by atoms with Crippen molar-refractivity contribution in [1.82, 2.24) is 25.0 Å². The zero-order valence-electron chi connectivity index (χ0n) is 15.3. The van der Waals surface area contributed by atoms with Crippen molar-refractivity contribution >= 4 is 22.1 Å². The third-order valence-corrected chi connectivity index (χ3v) is 4.92. The lowest BCUT2D eigenvalue weighted by Crippen LogP contribution is -2.04. The van der Waals surface area contributed by atoms with E-state index in [1.807, 2.05) is 36.4 Å². The van der Waals surface area contributed by atoms with Gasteiger partial charge in [-0.25, -0.2) is 14.1 Å². The average Bonchev–Trinajstić information content (AvgIpc) is 3.16. The first-order chi connectivity index (χ1) is 14.2. The van der Waals surface area contributed by atoms with Crippen molar-refractivity contribution in [1.29, 1.82) is 0 Å². The second kappa shape index (κ2) is 7.03. The Kier molecular flexibility index (Phi) is 4.22. The van der Waals surface area contributed by atoms with Crippen LogP contribution >= 0.6 is 0 Å². The van der Waals surface area contributed by atoms with E-state index >= 15 is 0 Å². The van der Waals surface area contributed by atoms with Gasteiger partial charge in [-0.15, -0.1) is 5.10 Å². The molecule has 3 aromatic heterocycles. The van der Waals surface area contributed by atoms with E-state index in [0.717, 1.165) is 16.5 Å². The Bertz CT molecular complexity index is 1340. The highest BCUT2D eigenvalue weighted by Crippen LogP contribution is 2.23. The van der Waals surface area contributed by atoms with Gasteiger partial charge in [-0.2, -0.15) is 0 Å². The van der Waals surface area contributed by atoms with Crippen LogP contribution in [0.15, 0.2) is 66.9 Å². The van der Waals surface area contributed by atoms with Gasteiger partial charge in [0.05, 0.1) is 24.4 Å². The minimum Gasteiger partial charge on any atom is -0.392 e. The molecule has 142 valence electrons. The second-order valence-corrected chi connectivity index (χ2v) is 6.74. The Morgan fingerprint density at radius 1 is 0.966 bits per heavy atom. The number of hydrogen-bond acceptors (Lipinski definition) is 5. The summed E-state index contributed by atoms with van der Waals surface area (Å²) >= 11 is 0. The molecule has 29 heavy (non-hydrogen) atoms. The van der Waals surface area contributed by atoms with Crippen LogP contribution in [0.5, 0.6) is 0 Å². The molecule has 5 rings (SSSR count). The lowest BCUT2D eigenvalue weighted by molar-refractivity contribution is 0.276. The summed E-state index contributed by atoms with van der Waals surface area (Å²) in [6, 6.07) is 18.2.